The summed E-state index contributed by atoms with van der Waals surface area (Å²) in [7, 11) is 3.30. The van der Waals surface area contributed by atoms with Crippen LogP contribution < -0.4 is 9.47 Å². The third-order valence-electron chi connectivity index (χ3n) is 5.66. The molecule has 0 bridgehead atoms. The Morgan fingerprint density at radius 2 is 1.64 bits per heavy atom. The minimum absolute atomic E-state index is 0.0587. The number of carbonyl (C=O) groups excluding carboxylic acids is 1. The monoisotopic (exact) mass is 381 g/mol. The molecule has 0 aliphatic carbocycles. The normalized spacial score (nSPS) is 15.0. The maximum Gasteiger partial charge on any atom is 0.226 e. The van der Waals surface area contributed by atoms with E-state index in [1.807, 2.05) is 35.2 Å². The molecule has 0 saturated carbocycles. The zero-order valence-corrected chi connectivity index (χ0v) is 17.6. The second-order valence-electron chi connectivity index (χ2n) is 8.59. The van der Waals surface area contributed by atoms with Crippen LogP contribution in [0.25, 0.3) is 0 Å². The highest BCUT2D eigenvalue weighted by Crippen LogP contribution is 2.36. The van der Waals surface area contributed by atoms with Crippen LogP contribution in [0.4, 0.5) is 0 Å². The van der Waals surface area contributed by atoms with Crippen LogP contribution in [0, 0.1) is 11.3 Å². The second kappa shape index (κ2) is 8.26. The van der Waals surface area contributed by atoms with Crippen LogP contribution in [0.15, 0.2) is 42.5 Å². The van der Waals surface area contributed by atoms with Gasteiger partial charge in [0.1, 0.15) is 0 Å². The topological polar surface area (TPSA) is 38.8 Å². The van der Waals surface area contributed by atoms with Crippen molar-refractivity contribution in [1.82, 2.24) is 4.90 Å². The Hall–Kier alpha value is -2.49. The summed E-state index contributed by atoms with van der Waals surface area (Å²) in [6.07, 6.45) is 1.60. The molecule has 4 heteroatoms. The number of benzene rings is 2. The molecule has 0 spiro atoms. The lowest BCUT2D eigenvalue weighted by atomic mass is 9.76. The van der Waals surface area contributed by atoms with Gasteiger partial charge in [-0.15, -0.1) is 0 Å². The van der Waals surface area contributed by atoms with Crippen molar-refractivity contribution in [3.8, 4) is 11.5 Å². The molecule has 4 nitrogen and oxygen atoms in total. The molecule has 28 heavy (non-hydrogen) atoms. The van der Waals surface area contributed by atoms with Gasteiger partial charge in [-0.1, -0.05) is 51.1 Å². The minimum atomic E-state index is -0.106. The first-order valence-corrected chi connectivity index (χ1v) is 9.90. The molecule has 1 atom stereocenters. The van der Waals surface area contributed by atoms with E-state index in [9.17, 15) is 4.79 Å². The first-order chi connectivity index (χ1) is 13.3. The van der Waals surface area contributed by atoms with Crippen molar-refractivity contribution in [3.63, 3.8) is 0 Å². The summed E-state index contributed by atoms with van der Waals surface area (Å²) >= 11 is 0. The number of carbonyl (C=O) groups is 1. The van der Waals surface area contributed by atoms with E-state index in [-0.39, 0.29) is 17.2 Å². The molecule has 1 amide bonds. The lowest BCUT2D eigenvalue weighted by molar-refractivity contribution is -0.140. The molecular weight excluding hydrogens is 350 g/mol. The molecule has 0 fully saturated rings. The van der Waals surface area contributed by atoms with E-state index in [0.29, 0.717) is 12.3 Å². The van der Waals surface area contributed by atoms with E-state index in [4.69, 9.17) is 9.47 Å². The average Bonchev–Trinajstić information content (AvgIpc) is 2.69. The fourth-order valence-corrected chi connectivity index (χ4v) is 3.91. The summed E-state index contributed by atoms with van der Waals surface area (Å²) in [4.78, 5) is 15.5. The quantitative estimate of drug-likeness (QED) is 0.766. The van der Waals surface area contributed by atoms with Gasteiger partial charge in [0.25, 0.3) is 0 Å². The van der Waals surface area contributed by atoms with Gasteiger partial charge in [0.15, 0.2) is 11.5 Å². The van der Waals surface area contributed by atoms with E-state index in [1.165, 1.54) is 11.1 Å². The Morgan fingerprint density at radius 3 is 2.21 bits per heavy atom. The number of rotatable bonds is 5. The molecule has 1 heterocycles. The molecular formula is C24H31NO3. The largest absolute Gasteiger partial charge is 0.493 e. The van der Waals surface area contributed by atoms with Crippen molar-refractivity contribution in [2.24, 2.45) is 11.3 Å². The fraction of sp³-hybridized carbons (Fsp3) is 0.458. The highest BCUT2D eigenvalue weighted by molar-refractivity contribution is 5.80. The lowest BCUT2D eigenvalue weighted by Crippen LogP contribution is -2.44. The van der Waals surface area contributed by atoms with Gasteiger partial charge in [-0.25, -0.2) is 0 Å². The summed E-state index contributed by atoms with van der Waals surface area (Å²) in [6, 6.07) is 14.4. The Bertz CT molecular complexity index is 824. The molecule has 3 rings (SSSR count). The number of hydrogen-bond acceptors (Lipinski definition) is 3. The van der Waals surface area contributed by atoms with Crippen molar-refractivity contribution in [2.75, 3.05) is 20.8 Å². The third kappa shape index (κ3) is 4.32. The number of nitrogens with zero attached hydrogens (tertiary/aromatic N) is 1. The Morgan fingerprint density at radius 1 is 1.04 bits per heavy atom. The molecule has 0 radical (unpaired) electrons. The van der Waals surface area contributed by atoms with Crippen molar-refractivity contribution in [1.29, 1.82) is 0 Å². The van der Waals surface area contributed by atoms with Crippen LogP contribution in [0.5, 0.6) is 11.5 Å². The first-order valence-electron chi connectivity index (χ1n) is 9.90. The summed E-state index contributed by atoms with van der Waals surface area (Å²) in [5.74, 6) is 1.64. The minimum Gasteiger partial charge on any atom is -0.493 e. The van der Waals surface area contributed by atoms with E-state index >= 15 is 0 Å². The van der Waals surface area contributed by atoms with Gasteiger partial charge in [0.2, 0.25) is 5.91 Å². The summed E-state index contributed by atoms with van der Waals surface area (Å²) in [5.41, 5.74) is 3.48. The van der Waals surface area contributed by atoms with Gasteiger partial charge in [-0.3, -0.25) is 4.79 Å². The predicted octanol–water partition coefficient (Wildman–Crippen LogP) is 4.49. The van der Waals surface area contributed by atoms with Crippen molar-refractivity contribution in [3.05, 3.63) is 59.2 Å². The maximum absolute atomic E-state index is 13.5. The standard InChI is InChI=1S/C24H31NO3/c1-24(2,3)20(13-17-9-7-6-8-10-17)23(26)25-12-11-18-14-21(27-4)22(28-5)15-19(18)16-25/h6-10,14-15,20H,11-13,16H2,1-5H3/t20-/m1/s1. The van der Waals surface area contributed by atoms with Crippen LogP contribution in [-0.2, 0) is 24.2 Å². The molecule has 0 aromatic heterocycles. The van der Waals surface area contributed by atoms with Crippen LogP contribution in [0.2, 0.25) is 0 Å². The van der Waals surface area contributed by atoms with Gasteiger partial charge in [-0.2, -0.15) is 0 Å². The molecule has 150 valence electrons. The molecule has 0 saturated heterocycles. The number of fused-ring (bicyclic) bond motifs is 1. The first kappa shape index (κ1) is 20.2. The zero-order valence-electron chi connectivity index (χ0n) is 17.6. The SMILES string of the molecule is COc1cc2c(cc1OC)CN(C(=O)[C@@H](Cc1ccccc1)C(C)(C)C)CC2. The smallest absolute Gasteiger partial charge is 0.226 e. The zero-order chi connectivity index (χ0) is 20.3. The average molecular weight is 382 g/mol. The number of methoxy groups -OCH3 is 2. The van der Waals surface area contributed by atoms with Crippen LogP contribution in [-0.4, -0.2) is 31.6 Å². The number of ether oxygens (including phenoxy) is 2. The molecule has 1 aliphatic heterocycles. The summed E-state index contributed by atoms with van der Waals surface area (Å²) in [5, 5.41) is 0. The second-order valence-corrected chi connectivity index (χ2v) is 8.59. The van der Waals surface area contributed by atoms with Gasteiger partial charge >= 0.3 is 0 Å². The van der Waals surface area contributed by atoms with Gasteiger partial charge < -0.3 is 14.4 Å². The molecule has 1 aliphatic rings. The van der Waals surface area contributed by atoms with Crippen LogP contribution in [0.3, 0.4) is 0 Å². The van der Waals surface area contributed by atoms with E-state index in [1.54, 1.807) is 14.2 Å². The van der Waals surface area contributed by atoms with E-state index < -0.39 is 0 Å². The Kier molecular flexibility index (Phi) is 5.97. The summed E-state index contributed by atoms with van der Waals surface area (Å²) in [6.45, 7) is 7.83. The van der Waals surface area contributed by atoms with Crippen molar-refractivity contribution >= 4 is 5.91 Å². The summed E-state index contributed by atoms with van der Waals surface area (Å²) < 4.78 is 10.9. The molecule has 0 N–H and O–H groups in total. The number of hydrogen-bond donors (Lipinski definition) is 0. The fourth-order valence-electron chi connectivity index (χ4n) is 3.91. The number of amides is 1. The molecule has 2 aromatic carbocycles. The highest BCUT2D eigenvalue weighted by atomic mass is 16.5. The highest BCUT2D eigenvalue weighted by Gasteiger charge is 2.35. The van der Waals surface area contributed by atoms with E-state index in [0.717, 1.165) is 30.7 Å². The van der Waals surface area contributed by atoms with Crippen molar-refractivity contribution < 1.29 is 14.3 Å². The van der Waals surface area contributed by atoms with Crippen molar-refractivity contribution in [2.45, 2.75) is 40.2 Å². The third-order valence-corrected chi connectivity index (χ3v) is 5.66. The van der Waals surface area contributed by atoms with Gasteiger partial charge in [0, 0.05) is 19.0 Å². The van der Waals surface area contributed by atoms with Gasteiger partial charge in [0.05, 0.1) is 14.2 Å². The van der Waals surface area contributed by atoms with E-state index in [2.05, 4.69) is 32.9 Å². The Balaban J connectivity index is 1.83. The molecule has 2 aromatic rings. The predicted molar refractivity (Wildman–Crippen MR) is 112 cm³/mol. The van der Waals surface area contributed by atoms with Gasteiger partial charge in [-0.05, 0) is 47.1 Å². The maximum atomic E-state index is 13.5. The lowest BCUT2D eigenvalue weighted by Gasteiger charge is -2.37. The van der Waals surface area contributed by atoms with Crippen LogP contribution >= 0.6 is 0 Å². The Labute approximate surface area is 168 Å². The molecule has 0 unspecified atom stereocenters. The van der Waals surface area contributed by atoms with Crippen LogP contribution in [0.1, 0.15) is 37.5 Å².